The molecular formula is C10H14N4OS2. The number of hydrogen-bond donors (Lipinski definition) is 2. The number of rotatable bonds is 3. The first-order chi connectivity index (χ1) is 8.13. The van der Waals surface area contributed by atoms with E-state index in [1.807, 2.05) is 6.26 Å². The number of nitrogens with zero attached hydrogens (tertiary/aromatic N) is 3. The molecule has 2 rings (SSSR count). The molecule has 0 saturated carbocycles. The van der Waals surface area contributed by atoms with Crippen molar-refractivity contribution in [2.75, 3.05) is 29.2 Å². The van der Waals surface area contributed by atoms with Gasteiger partial charge in [0.05, 0.1) is 0 Å². The van der Waals surface area contributed by atoms with Crippen molar-refractivity contribution in [3.8, 4) is 0 Å². The molecule has 92 valence electrons. The molecule has 1 amide bonds. The molecular weight excluding hydrogens is 256 g/mol. The van der Waals surface area contributed by atoms with Gasteiger partial charge in [-0.05, 0) is 17.9 Å². The summed E-state index contributed by atoms with van der Waals surface area (Å²) in [6.07, 6.45) is 2.41. The fourth-order valence-corrected chi connectivity index (χ4v) is 2.41. The van der Waals surface area contributed by atoms with Crippen molar-refractivity contribution in [3.05, 3.63) is 6.07 Å². The number of nitrogen functional groups attached to an aromatic ring is 1. The Bertz CT molecular complexity index is 440. The van der Waals surface area contributed by atoms with Crippen molar-refractivity contribution < 1.29 is 4.79 Å². The average Bonchev–Trinajstić information content (AvgIpc) is 2.69. The van der Waals surface area contributed by atoms with E-state index in [0.717, 1.165) is 0 Å². The van der Waals surface area contributed by atoms with E-state index in [9.17, 15) is 4.79 Å². The topological polar surface area (TPSA) is 72.1 Å². The molecule has 1 unspecified atom stereocenters. The Kier molecular flexibility index (Phi) is 3.78. The number of anilines is 2. The molecule has 0 aliphatic carbocycles. The molecule has 2 heterocycles. The van der Waals surface area contributed by atoms with Crippen LogP contribution < -0.4 is 10.6 Å². The molecule has 0 spiro atoms. The van der Waals surface area contributed by atoms with Crippen LogP contribution >= 0.6 is 24.4 Å². The van der Waals surface area contributed by atoms with Gasteiger partial charge in [0.1, 0.15) is 11.6 Å². The summed E-state index contributed by atoms with van der Waals surface area (Å²) in [5.74, 6) is 2.06. The van der Waals surface area contributed by atoms with Crippen molar-refractivity contribution in [2.45, 2.75) is 11.6 Å². The molecule has 1 aliphatic rings. The van der Waals surface area contributed by atoms with Crippen molar-refractivity contribution in [1.29, 1.82) is 0 Å². The second-order valence-corrected chi connectivity index (χ2v) is 5.03. The third-order valence-corrected chi connectivity index (χ3v) is 3.70. The lowest BCUT2D eigenvalue weighted by Crippen LogP contribution is -2.26. The number of carbonyl (C=O) groups is 1. The first kappa shape index (κ1) is 12.5. The van der Waals surface area contributed by atoms with Gasteiger partial charge in [-0.3, -0.25) is 9.69 Å². The molecule has 0 bridgehead atoms. The minimum atomic E-state index is 0.0780. The van der Waals surface area contributed by atoms with Crippen molar-refractivity contribution in [2.24, 2.45) is 5.92 Å². The van der Waals surface area contributed by atoms with Crippen LogP contribution in [0.3, 0.4) is 0 Å². The van der Waals surface area contributed by atoms with Gasteiger partial charge in [-0.1, -0.05) is 11.8 Å². The molecule has 1 aliphatic heterocycles. The van der Waals surface area contributed by atoms with Crippen LogP contribution in [0.2, 0.25) is 0 Å². The van der Waals surface area contributed by atoms with E-state index >= 15 is 0 Å². The summed E-state index contributed by atoms with van der Waals surface area (Å²) in [6.45, 7) is 0.659. The van der Waals surface area contributed by atoms with E-state index in [-0.39, 0.29) is 5.91 Å². The van der Waals surface area contributed by atoms with Crippen LogP contribution in [0.4, 0.5) is 11.6 Å². The van der Waals surface area contributed by atoms with Gasteiger partial charge in [-0.2, -0.15) is 12.6 Å². The molecule has 0 radical (unpaired) electrons. The van der Waals surface area contributed by atoms with Crippen LogP contribution in [0.5, 0.6) is 0 Å². The number of carbonyl (C=O) groups excluding carboxylic acids is 1. The van der Waals surface area contributed by atoms with Gasteiger partial charge in [-0.25, -0.2) is 9.97 Å². The van der Waals surface area contributed by atoms with Crippen LogP contribution in [0.15, 0.2) is 11.2 Å². The first-order valence-corrected chi connectivity index (χ1v) is 7.09. The summed E-state index contributed by atoms with van der Waals surface area (Å²) in [5.41, 5.74) is 5.70. The molecule has 5 nitrogen and oxygen atoms in total. The Morgan fingerprint density at radius 1 is 1.65 bits per heavy atom. The second kappa shape index (κ2) is 5.14. The maximum atomic E-state index is 11.8. The molecule has 1 atom stereocenters. The van der Waals surface area contributed by atoms with E-state index in [4.69, 9.17) is 5.73 Å². The molecule has 1 fully saturated rings. The van der Waals surface area contributed by atoms with Gasteiger partial charge in [0.15, 0.2) is 5.16 Å². The maximum absolute atomic E-state index is 11.8. The fraction of sp³-hybridized carbons (Fsp3) is 0.500. The lowest BCUT2D eigenvalue weighted by molar-refractivity contribution is -0.117. The number of hydrogen-bond acceptors (Lipinski definition) is 6. The Morgan fingerprint density at radius 3 is 3.00 bits per heavy atom. The highest BCUT2D eigenvalue weighted by Crippen LogP contribution is 2.26. The number of thiol groups is 1. The highest BCUT2D eigenvalue weighted by atomic mass is 32.2. The Hall–Kier alpha value is -0.950. The molecule has 1 aromatic rings. The number of thioether (sulfide) groups is 1. The lowest BCUT2D eigenvalue weighted by atomic mass is 10.1. The largest absolute Gasteiger partial charge is 0.383 e. The zero-order valence-electron chi connectivity index (χ0n) is 9.46. The fourth-order valence-electron chi connectivity index (χ4n) is 1.79. The standard InChI is InChI=1S/C10H14N4OS2/c1-17-10-12-7(11)3-8(13-10)14-4-6(5-16)2-9(14)15/h3,6,16H,2,4-5H2,1H3,(H2,11,12,13). The molecule has 2 N–H and O–H groups in total. The van der Waals surface area contributed by atoms with Crippen molar-refractivity contribution in [1.82, 2.24) is 9.97 Å². The van der Waals surface area contributed by atoms with Crippen LogP contribution in [-0.2, 0) is 4.79 Å². The van der Waals surface area contributed by atoms with E-state index in [2.05, 4.69) is 22.6 Å². The van der Waals surface area contributed by atoms with E-state index in [0.29, 0.717) is 41.4 Å². The van der Waals surface area contributed by atoms with Crippen molar-refractivity contribution >= 4 is 41.9 Å². The summed E-state index contributed by atoms with van der Waals surface area (Å²) in [4.78, 5) is 21.9. The summed E-state index contributed by atoms with van der Waals surface area (Å²) in [6, 6.07) is 1.64. The second-order valence-electron chi connectivity index (χ2n) is 3.89. The third-order valence-electron chi connectivity index (χ3n) is 2.63. The van der Waals surface area contributed by atoms with E-state index in [1.54, 1.807) is 11.0 Å². The minimum Gasteiger partial charge on any atom is -0.383 e. The minimum absolute atomic E-state index is 0.0780. The molecule has 7 heteroatoms. The first-order valence-electron chi connectivity index (χ1n) is 5.23. The van der Waals surface area contributed by atoms with Gasteiger partial charge in [0, 0.05) is 19.0 Å². The monoisotopic (exact) mass is 270 g/mol. The molecule has 0 aromatic carbocycles. The van der Waals surface area contributed by atoms with Gasteiger partial charge < -0.3 is 5.73 Å². The zero-order valence-corrected chi connectivity index (χ0v) is 11.2. The molecule has 1 aromatic heterocycles. The van der Waals surface area contributed by atoms with Crippen LogP contribution in [0.1, 0.15) is 6.42 Å². The quantitative estimate of drug-likeness (QED) is 0.488. The van der Waals surface area contributed by atoms with Crippen molar-refractivity contribution in [3.63, 3.8) is 0 Å². The van der Waals surface area contributed by atoms with Crippen LogP contribution in [-0.4, -0.2) is 34.4 Å². The van der Waals surface area contributed by atoms with Gasteiger partial charge in [0.2, 0.25) is 5.91 Å². The summed E-state index contributed by atoms with van der Waals surface area (Å²) >= 11 is 5.64. The Morgan fingerprint density at radius 2 is 2.41 bits per heavy atom. The predicted molar refractivity (Wildman–Crippen MR) is 72.5 cm³/mol. The highest BCUT2D eigenvalue weighted by Gasteiger charge is 2.30. The summed E-state index contributed by atoms with van der Waals surface area (Å²) in [5, 5.41) is 0.585. The van der Waals surface area contributed by atoms with Crippen LogP contribution in [0, 0.1) is 5.92 Å². The van der Waals surface area contributed by atoms with Gasteiger partial charge in [-0.15, -0.1) is 0 Å². The SMILES string of the molecule is CSc1nc(N)cc(N2CC(CS)CC2=O)n1. The normalized spacial score (nSPS) is 20.0. The van der Waals surface area contributed by atoms with E-state index in [1.165, 1.54) is 11.8 Å². The number of aromatic nitrogens is 2. The maximum Gasteiger partial charge on any atom is 0.228 e. The Balaban J connectivity index is 2.28. The van der Waals surface area contributed by atoms with Gasteiger partial charge >= 0.3 is 0 Å². The number of nitrogens with two attached hydrogens (primary N) is 1. The smallest absolute Gasteiger partial charge is 0.228 e. The Labute approximate surface area is 110 Å². The highest BCUT2D eigenvalue weighted by molar-refractivity contribution is 7.98. The lowest BCUT2D eigenvalue weighted by Gasteiger charge is -2.16. The molecule has 1 saturated heterocycles. The average molecular weight is 270 g/mol. The van der Waals surface area contributed by atoms with Crippen LogP contribution in [0.25, 0.3) is 0 Å². The summed E-state index contributed by atoms with van der Waals surface area (Å²) in [7, 11) is 0. The zero-order chi connectivity index (χ0) is 12.4. The van der Waals surface area contributed by atoms with Gasteiger partial charge in [0.25, 0.3) is 0 Å². The predicted octanol–water partition coefficient (Wildman–Crippen LogP) is 1.06. The van der Waals surface area contributed by atoms with E-state index < -0.39 is 0 Å². The third kappa shape index (κ3) is 2.66. The molecule has 17 heavy (non-hydrogen) atoms. The summed E-state index contributed by atoms with van der Waals surface area (Å²) < 4.78 is 0. The number of amides is 1.